The van der Waals surface area contributed by atoms with Crippen LogP contribution >= 0.6 is 0 Å². The minimum Gasteiger partial charge on any atom is -0.481 e. The number of hydrogen-bond donors (Lipinski definition) is 2. The zero-order valence-electron chi connectivity index (χ0n) is 19.7. The molecule has 2 amide bonds. The number of nitrogens with one attached hydrogen (secondary N) is 2. The van der Waals surface area contributed by atoms with Gasteiger partial charge in [-0.3, -0.25) is 30.0 Å². The lowest BCUT2D eigenvalue weighted by atomic mass is 10.1. The van der Waals surface area contributed by atoms with Gasteiger partial charge in [0.15, 0.2) is 17.6 Å². The van der Waals surface area contributed by atoms with Crippen LogP contribution in [0.2, 0.25) is 0 Å². The molecule has 0 aliphatic rings. The van der Waals surface area contributed by atoms with Crippen molar-refractivity contribution >= 4 is 28.4 Å². The Kier molecular flexibility index (Phi) is 7.20. The molecule has 4 aromatic rings. The zero-order valence-corrected chi connectivity index (χ0v) is 19.7. The smallest absolute Gasteiger partial charge is 0.290 e. The minimum atomic E-state index is -0.940. The molecule has 9 nitrogen and oxygen atoms in total. The Bertz CT molecular complexity index is 1480. The summed E-state index contributed by atoms with van der Waals surface area (Å²) in [6.07, 6.45) is -0.940. The number of nitrogens with zero attached hydrogens (tertiary/aromatic N) is 2. The number of ketones is 1. The molecule has 36 heavy (non-hydrogen) atoms. The number of fused-ring (bicyclic) bond motifs is 1. The number of hydrazine groups is 1. The average molecular weight is 485 g/mol. The summed E-state index contributed by atoms with van der Waals surface area (Å²) in [6.45, 7) is 3.17. The van der Waals surface area contributed by atoms with E-state index in [0.29, 0.717) is 22.1 Å². The fourth-order valence-corrected chi connectivity index (χ4v) is 3.57. The van der Waals surface area contributed by atoms with Crippen molar-refractivity contribution < 1.29 is 19.1 Å². The number of amides is 2. The zero-order chi connectivity index (χ0) is 25.7. The second-order valence-corrected chi connectivity index (χ2v) is 8.13. The Morgan fingerprint density at radius 1 is 0.889 bits per heavy atom. The lowest BCUT2D eigenvalue weighted by Crippen LogP contribution is -2.47. The van der Waals surface area contributed by atoms with Crippen LogP contribution in [0.3, 0.4) is 0 Å². The van der Waals surface area contributed by atoms with Crippen molar-refractivity contribution in [1.82, 2.24) is 20.6 Å². The van der Waals surface area contributed by atoms with Gasteiger partial charge in [-0.25, -0.2) is 4.68 Å². The van der Waals surface area contributed by atoms with Crippen molar-refractivity contribution in [1.29, 1.82) is 0 Å². The number of hydrogen-bond acceptors (Lipinski definition) is 6. The van der Waals surface area contributed by atoms with Gasteiger partial charge >= 0.3 is 0 Å². The van der Waals surface area contributed by atoms with E-state index in [-0.39, 0.29) is 23.6 Å². The highest BCUT2D eigenvalue weighted by molar-refractivity contribution is 6.05. The maximum atomic E-state index is 13.0. The van der Waals surface area contributed by atoms with E-state index in [9.17, 15) is 19.2 Å². The molecule has 0 aliphatic carbocycles. The Morgan fingerprint density at radius 3 is 2.19 bits per heavy atom. The van der Waals surface area contributed by atoms with Crippen LogP contribution in [-0.4, -0.2) is 33.5 Å². The first-order valence-corrected chi connectivity index (χ1v) is 11.2. The van der Waals surface area contributed by atoms with Gasteiger partial charge in [-0.2, -0.15) is 5.10 Å². The van der Waals surface area contributed by atoms with E-state index in [2.05, 4.69) is 16.0 Å². The molecule has 0 fully saturated rings. The Balaban J connectivity index is 1.49. The molecule has 0 saturated carbocycles. The monoisotopic (exact) mass is 484 g/mol. The first-order valence-electron chi connectivity index (χ1n) is 11.2. The summed E-state index contributed by atoms with van der Waals surface area (Å²) < 4.78 is 6.81. The minimum absolute atomic E-state index is 0.00479. The molecule has 182 valence electrons. The number of carbonyl (C=O) groups is 3. The summed E-state index contributed by atoms with van der Waals surface area (Å²) in [5.41, 5.74) is 5.73. The van der Waals surface area contributed by atoms with Gasteiger partial charge in [0.25, 0.3) is 17.4 Å². The number of rotatable bonds is 7. The van der Waals surface area contributed by atoms with Crippen molar-refractivity contribution in [2.75, 3.05) is 0 Å². The number of benzene rings is 3. The van der Waals surface area contributed by atoms with Crippen molar-refractivity contribution in [2.45, 2.75) is 26.5 Å². The third-order valence-corrected chi connectivity index (χ3v) is 5.50. The predicted octanol–water partition coefficient (Wildman–Crippen LogP) is 2.88. The van der Waals surface area contributed by atoms with Crippen molar-refractivity contribution in [3.8, 4) is 5.75 Å². The second-order valence-electron chi connectivity index (χ2n) is 8.13. The largest absolute Gasteiger partial charge is 0.481 e. The highest BCUT2D eigenvalue weighted by Gasteiger charge is 2.20. The van der Waals surface area contributed by atoms with Crippen LogP contribution in [0.25, 0.3) is 10.8 Å². The summed E-state index contributed by atoms with van der Waals surface area (Å²) in [4.78, 5) is 49.8. The summed E-state index contributed by atoms with van der Waals surface area (Å²) in [6, 6.07) is 22.3. The Morgan fingerprint density at radius 2 is 1.53 bits per heavy atom. The van der Waals surface area contributed by atoms with Gasteiger partial charge in [-0.1, -0.05) is 48.5 Å². The van der Waals surface area contributed by atoms with E-state index in [1.165, 1.54) is 18.5 Å². The van der Waals surface area contributed by atoms with Gasteiger partial charge in [0.1, 0.15) is 5.75 Å². The number of Topliss-reactive ketones (excluding diaryl/α,β-unsaturated/α-hetero) is 1. The number of carbonyl (C=O) groups excluding carboxylic acids is 3. The van der Waals surface area contributed by atoms with E-state index in [1.54, 1.807) is 48.5 Å². The summed E-state index contributed by atoms with van der Waals surface area (Å²) in [7, 11) is 0. The molecule has 3 aromatic carbocycles. The highest BCUT2D eigenvalue weighted by atomic mass is 16.5. The molecule has 1 heterocycles. The number of aromatic nitrogens is 2. The molecule has 0 aliphatic heterocycles. The summed E-state index contributed by atoms with van der Waals surface area (Å²) in [5, 5.41) is 5.00. The molecule has 1 atom stereocenters. The van der Waals surface area contributed by atoms with Crippen molar-refractivity contribution in [3.63, 3.8) is 0 Å². The van der Waals surface area contributed by atoms with Gasteiger partial charge < -0.3 is 4.74 Å². The summed E-state index contributed by atoms with van der Waals surface area (Å²) in [5.74, 6) is -0.957. The molecule has 4 rings (SSSR count). The first-order chi connectivity index (χ1) is 17.3. The van der Waals surface area contributed by atoms with Gasteiger partial charge in [-0.05, 0) is 49.7 Å². The number of ether oxygens (including phenoxy) is 1. The van der Waals surface area contributed by atoms with E-state index >= 15 is 0 Å². The Hall–Kier alpha value is -4.79. The van der Waals surface area contributed by atoms with Crippen LogP contribution in [0.15, 0.2) is 83.7 Å². The van der Waals surface area contributed by atoms with Gasteiger partial charge in [0.05, 0.1) is 11.9 Å². The fraction of sp³-hybridized carbons (Fsp3) is 0.148. The maximum Gasteiger partial charge on any atom is 0.290 e. The van der Waals surface area contributed by atoms with Crippen LogP contribution in [-0.2, 0) is 11.3 Å². The molecular formula is C27H24N4O5. The van der Waals surface area contributed by atoms with Crippen LogP contribution < -0.4 is 21.1 Å². The SMILES string of the molecule is CC(=O)c1ccc(OC(C)C(=O)NNC(=O)c2nn(Cc3ccccc3)c(=O)c3ccccc23)cc1. The molecule has 1 aromatic heterocycles. The van der Waals surface area contributed by atoms with Crippen LogP contribution in [0.5, 0.6) is 5.75 Å². The standard InChI is InChI=1S/C27H24N4O5/c1-17(32)20-12-14-21(15-13-20)36-18(2)25(33)28-29-26(34)24-22-10-6-7-11-23(22)27(35)31(30-24)16-19-8-4-3-5-9-19/h3-15,18H,16H2,1-2H3,(H,28,33)(H,29,34). The highest BCUT2D eigenvalue weighted by Crippen LogP contribution is 2.15. The third kappa shape index (κ3) is 5.47. The molecule has 0 saturated heterocycles. The van der Waals surface area contributed by atoms with E-state index < -0.39 is 17.9 Å². The third-order valence-electron chi connectivity index (χ3n) is 5.50. The lowest BCUT2D eigenvalue weighted by Gasteiger charge is -2.16. The predicted molar refractivity (Wildman–Crippen MR) is 134 cm³/mol. The fourth-order valence-electron chi connectivity index (χ4n) is 3.57. The van der Waals surface area contributed by atoms with Gasteiger partial charge in [0, 0.05) is 10.9 Å². The van der Waals surface area contributed by atoms with Gasteiger partial charge in [0.2, 0.25) is 0 Å². The lowest BCUT2D eigenvalue weighted by molar-refractivity contribution is -0.128. The Labute approximate surface area is 206 Å². The van der Waals surface area contributed by atoms with Crippen molar-refractivity contribution in [2.24, 2.45) is 0 Å². The molecule has 0 spiro atoms. The quantitative estimate of drug-likeness (QED) is 0.308. The van der Waals surface area contributed by atoms with E-state index in [0.717, 1.165) is 5.56 Å². The first kappa shape index (κ1) is 24.3. The second kappa shape index (κ2) is 10.6. The molecule has 0 bridgehead atoms. The normalized spacial score (nSPS) is 11.5. The topological polar surface area (TPSA) is 119 Å². The molecule has 0 radical (unpaired) electrons. The molecule has 1 unspecified atom stereocenters. The van der Waals surface area contributed by atoms with Crippen LogP contribution in [0.4, 0.5) is 0 Å². The molecule has 2 N–H and O–H groups in total. The van der Waals surface area contributed by atoms with Crippen LogP contribution in [0.1, 0.15) is 40.3 Å². The average Bonchev–Trinajstić information content (AvgIpc) is 2.89. The molecule has 9 heteroatoms. The van der Waals surface area contributed by atoms with Crippen molar-refractivity contribution in [3.05, 3.63) is 106 Å². The molecular weight excluding hydrogens is 460 g/mol. The van der Waals surface area contributed by atoms with Gasteiger partial charge in [-0.15, -0.1) is 0 Å². The maximum absolute atomic E-state index is 13.0. The summed E-state index contributed by atoms with van der Waals surface area (Å²) >= 11 is 0. The van der Waals surface area contributed by atoms with E-state index in [1.807, 2.05) is 30.3 Å². The van der Waals surface area contributed by atoms with E-state index in [4.69, 9.17) is 4.74 Å². The van der Waals surface area contributed by atoms with Crippen LogP contribution in [0, 0.1) is 0 Å².